The highest BCUT2D eigenvalue weighted by molar-refractivity contribution is 7.10. The van der Waals surface area contributed by atoms with Gasteiger partial charge < -0.3 is 4.90 Å². The van der Waals surface area contributed by atoms with Crippen molar-refractivity contribution in [2.24, 2.45) is 0 Å². The summed E-state index contributed by atoms with van der Waals surface area (Å²) in [5, 5.41) is 3.99. The third-order valence-electron chi connectivity index (χ3n) is 3.69. The Morgan fingerprint density at radius 2 is 1.80 bits per heavy atom. The lowest BCUT2D eigenvalue weighted by Crippen LogP contribution is -2.38. The van der Waals surface area contributed by atoms with Gasteiger partial charge in [-0.2, -0.15) is 0 Å². The van der Waals surface area contributed by atoms with Crippen LogP contribution in [-0.4, -0.2) is 26.9 Å². The third kappa shape index (κ3) is 4.77. The predicted octanol–water partition coefficient (Wildman–Crippen LogP) is 1.93. The normalized spacial score (nSPS) is 10.7. The van der Waals surface area contributed by atoms with Crippen molar-refractivity contribution in [3.8, 4) is 0 Å². The maximum absolute atomic E-state index is 12.7. The lowest BCUT2D eigenvalue weighted by Gasteiger charge is -2.22. The summed E-state index contributed by atoms with van der Waals surface area (Å²) in [6.45, 7) is 1.00. The minimum absolute atomic E-state index is 0.0918. The van der Waals surface area contributed by atoms with Gasteiger partial charge in [-0.15, -0.1) is 22.7 Å². The number of nitrogens with zero attached hydrogens (tertiary/aromatic N) is 2. The first-order valence-electron chi connectivity index (χ1n) is 7.74. The molecule has 3 aromatic heterocycles. The van der Waals surface area contributed by atoms with Crippen LogP contribution < -0.4 is 11.2 Å². The number of aromatic amines is 1. The van der Waals surface area contributed by atoms with Crippen LogP contribution >= 0.6 is 22.7 Å². The molecule has 0 aromatic carbocycles. The third-order valence-corrected chi connectivity index (χ3v) is 5.49. The van der Waals surface area contributed by atoms with E-state index in [1.54, 1.807) is 27.6 Å². The van der Waals surface area contributed by atoms with Crippen LogP contribution in [0.1, 0.15) is 9.75 Å². The summed E-state index contributed by atoms with van der Waals surface area (Å²) in [6.07, 6.45) is 2.12. The van der Waals surface area contributed by atoms with Crippen molar-refractivity contribution in [1.82, 2.24) is 14.5 Å². The van der Waals surface area contributed by atoms with Crippen LogP contribution in [0.25, 0.3) is 0 Å². The number of H-pyrrole nitrogens is 1. The molecular formula is C17H17N3O3S2. The molecule has 0 fully saturated rings. The smallest absolute Gasteiger partial charge is 0.328 e. The van der Waals surface area contributed by atoms with E-state index in [0.717, 1.165) is 11.3 Å². The molecular weight excluding hydrogens is 358 g/mol. The van der Waals surface area contributed by atoms with E-state index in [-0.39, 0.29) is 12.5 Å². The fourth-order valence-electron chi connectivity index (χ4n) is 2.40. The van der Waals surface area contributed by atoms with Crippen molar-refractivity contribution in [2.45, 2.75) is 19.5 Å². The van der Waals surface area contributed by atoms with Gasteiger partial charge in [-0.1, -0.05) is 12.1 Å². The van der Waals surface area contributed by atoms with E-state index in [2.05, 4.69) is 4.98 Å². The van der Waals surface area contributed by atoms with Crippen LogP contribution in [0.2, 0.25) is 0 Å². The minimum atomic E-state index is -0.574. The number of rotatable bonds is 7. The molecule has 0 saturated carbocycles. The van der Waals surface area contributed by atoms with Gasteiger partial charge in [0.2, 0.25) is 5.91 Å². The van der Waals surface area contributed by atoms with E-state index in [9.17, 15) is 14.4 Å². The Morgan fingerprint density at radius 3 is 2.44 bits per heavy atom. The molecule has 8 heteroatoms. The molecule has 130 valence electrons. The van der Waals surface area contributed by atoms with Crippen molar-refractivity contribution in [3.05, 3.63) is 77.9 Å². The summed E-state index contributed by atoms with van der Waals surface area (Å²) in [7, 11) is 0. The molecule has 0 aliphatic heterocycles. The molecule has 0 unspecified atom stereocenters. The maximum atomic E-state index is 12.7. The molecule has 3 rings (SSSR count). The van der Waals surface area contributed by atoms with Crippen LogP contribution in [0.4, 0.5) is 0 Å². The van der Waals surface area contributed by atoms with Gasteiger partial charge in [0.25, 0.3) is 5.56 Å². The van der Waals surface area contributed by atoms with Gasteiger partial charge in [0.05, 0.1) is 6.54 Å². The highest BCUT2D eigenvalue weighted by Crippen LogP contribution is 2.15. The van der Waals surface area contributed by atoms with E-state index in [1.165, 1.54) is 21.7 Å². The van der Waals surface area contributed by atoms with Gasteiger partial charge in [-0.25, -0.2) is 4.79 Å². The molecule has 1 N–H and O–H groups in total. The molecule has 0 aliphatic rings. The standard InChI is InChI=1S/C17H17N3O3S2/c21-15-6-8-20(17(23)18-15)12-16(22)19(11-14-4-2-10-25-14)7-5-13-3-1-9-24-13/h1-4,6,8-10H,5,7,11-12H2,(H,18,21,23). The fraction of sp³-hybridized carbons (Fsp3) is 0.235. The Labute approximate surface area is 152 Å². The zero-order valence-electron chi connectivity index (χ0n) is 13.4. The molecule has 0 saturated heterocycles. The lowest BCUT2D eigenvalue weighted by atomic mass is 10.3. The molecule has 3 aromatic rings. The summed E-state index contributed by atoms with van der Waals surface area (Å²) in [5.74, 6) is -0.154. The Hall–Kier alpha value is -2.45. The van der Waals surface area contributed by atoms with E-state index in [1.807, 2.05) is 35.0 Å². The van der Waals surface area contributed by atoms with Gasteiger partial charge in [-0.3, -0.25) is 19.1 Å². The maximum Gasteiger partial charge on any atom is 0.328 e. The SMILES string of the molecule is O=C(Cn1ccc(=O)[nH]c1=O)N(CCc1cccs1)Cc1cccs1. The zero-order valence-corrected chi connectivity index (χ0v) is 15.0. The molecule has 0 atom stereocenters. The first-order chi connectivity index (χ1) is 12.1. The summed E-state index contributed by atoms with van der Waals surface area (Å²) < 4.78 is 1.22. The topological polar surface area (TPSA) is 75.2 Å². The van der Waals surface area contributed by atoms with E-state index in [4.69, 9.17) is 0 Å². The van der Waals surface area contributed by atoms with Crippen molar-refractivity contribution in [3.63, 3.8) is 0 Å². The van der Waals surface area contributed by atoms with Gasteiger partial charge in [0.15, 0.2) is 0 Å². The first-order valence-corrected chi connectivity index (χ1v) is 9.50. The highest BCUT2D eigenvalue weighted by atomic mass is 32.1. The Morgan fingerprint density at radius 1 is 1.08 bits per heavy atom. The second-order valence-corrected chi connectivity index (χ2v) is 7.53. The fourth-order valence-corrected chi connectivity index (χ4v) is 3.81. The number of thiophene rings is 2. The molecule has 25 heavy (non-hydrogen) atoms. The minimum Gasteiger partial charge on any atom is -0.336 e. The van der Waals surface area contributed by atoms with Gasteiger partial charge in [0.1, 0.15) is 6.54 Å². The van der Waals surface area contributed by atoms with Crippen LogP contribution in [0.5, 0.6) is 0 Å². The Kier molecular flexibility index (Phi) is 5.62. The van der Waals surface area contributed by atoms with Crippen molar-refractivity contribution in [2.75, 3.05) is 6.54 Å². The quantitative estimate of drug-likeness (QED) is 0.686. The van der Waals surface area contributed by atoms with Gasteiger partial charge >= 0.3 is 5.69 Å². The zero-order chi connectivity index (χ0) is 17.6. The van der Waals surface area contributed by atoms with Crippen LogP contribution in [0.15, 0.2) is 56.9 Å². The molecule has 0 bridgehead atoms. The average Bonchev–Trinajstić information content (AvgIpc) is 3.27. The molecule has 1 amide bonds. The van der Waals surface area contributed by atoms with Crippen LogP contribution in [0.3, 0.4) is 0 Å². The summed E-state index contributed by atoms with van der Waals surface area (Å²) in [4.78, 5) is 41.9. The Balaban J connectivity index is 1.73. The molecule has 0 aliphatic carbocycles. The largest absolute Gasteiger partial charge is 0.336 e. The van der Waals surface area contributed by atoms with E-state index >= 15 is 0 Å². The summed E-state index contributed by atoms with van der Waals surface area (Å²) in [5.41, 5.74) is -1.04. The first kappa shape index (κ1) is 17.4. The number of carbonyl (C=O) groups excluding carboxylic acids is 1. The van der Waals surface area contributed by atoms with Crippen LogP contribution in [-0.2, 0) is 24.3 Å². The monoisotopic (exact) mass is 375 g/mol. The second-order valence-electron chi connectivity index (χ2n) is 5.46. The van der Waals surface area contributed by atoms with Crippen LogP contribution in [0, 0.1) is 0 Å². The summed E-state index contributed by atoms with van der Waals surface area (Å²) in [6, 6.07) is 9.22. The lowest BCUT2D eigenvalue weighted by molar-refractivity contribution is -0.132. The Bertz CT molecular complexity index is 927. The average molecular weight is 375 g/mol. The van der Waals surface area contributed by atoms with E-state index in [0.29, 0.717) is 13.1 Å². The predicted molar refractivity (Wildman–Crippen MR) is 99.1 cm³/mol. The molecule has 0 spiro atoms. The van der Waals surface area contributed by atoms with Gasteiger partial charge in [-0.05, 0) is 29.3 Å². The van der Waals surface area contributed by atoms with Crippen molar-refractivity contribution in [1.29, 1.82) is 0 Å². The second kappa shape index (κ2) is 8.09. The number of hydrogen-bond acceptors (Lipinski definition) is 5. The number of nitrogens with one attached hydrogen (secondary N) is 1. The van der Waals surface area contributed by atoms with Crippen molar-refractivity contribution >= 4 is 28.6 Å². The molecule has 3 heterocycles. The molecule has 0 radical (unpaired) electrons. The highest BCUT2D eigenvalue weighted by Gasteiger charge is 2.16. The summed E-state index contributed by atoms with van der Waals surface area (Å²) >= 11 is 3.26. The van der Waals surface area contributed by atoms with E-state index < -0.39 is 11.2 Å². The molecule has 6 nitrogen and oxygen atoms in total. The number of carbonyl (C=O) groups is 1. The van der Waals surface area contributed by atoms with Crippen molar-refractivity contribution < 1.29 is 4.79 Å². The number of aromatic nitrogens is 2. The number of amides is 1. The number of hydrogen-bond donors (Lipinski definition) is 1. The van der Waals surface area contributed by atoms with Gasteiger partial charge in [0, 0.05) is 28.6 Å².